The standard InChI is InChI=1S/C19H17ClN4O/c1-13-3-2-4-16(11-13)22-18-10-9-17(23-24-18)19(25)21-12-14-5-7-15(20)8-6-14/h2-11H,12H2,1H3,(H,21,25)(H,22,24). The number of aryl methyl sites for hydroxylation is 1. The predicted octanol–water partition coefficient (Wildman–Crippen LogP) is 4.11. The molecule has 1 heterocycles. The van der Waals surface area contributed by atoms with Crippen LogP contribution in [0.25, 0.3) is 0 Å². The summed E-state index contributed by atoms with van der Waals surface area (Å²) in [5.74, 6) is 0.310. The number of benzene rings is 2. The lowest BCUT2D eigenvalue weighted by molar-refractivity contribution is 0.0945. The van der Waals surface area contributed by atoms with Crippen LogP contribution in [0.5, 0.6) is 0 Å². The maximum Gasteiger partial charge on any atom is 0.272 e. The summed E-state index contributed by atoms with van der Waals surface area (Å²) in [7, 11) is 0. The summed E-state index contributed by atoms with van der Waals surface area (Å²) in [6.07, 6.45) is 0. The van der Waals surface area contributed by atoms with Crippen LogP contribution in [-0.2, 0) is 6.54 Å². The van der Waals surface area contributed by atoms with Gasteiger partial charge in [0.1, 0.15) is 0 Å². The molecule has 126 valence electrons. The third-order valence-corrected chi connectivity index (χ3v) is 3.81. The largest absolute Gasteiger partial charge is 0.347 e. The summed E-state index contributed by atoms with van der Waals surface area (Å²) < 4.78 is 0. The maximum absolute atomic E-state index is 12.1. The van der Waals surface area contributed by atoms with Crippen molar-refractivity contribution in [2.24, 2.45) is 0 Å². The molecule has 0 spiro atoms. The summed E-state index contributed by atoms with van der Waals surface area (Å²) in [5, 5.41) is 14.7. The summed E-state index contributed by atoms with van der Waals surface area (Å²) in [4.78, 5) is 12.1. The Labute approximate surface area is 151 Å². The topological polar surface area (TPSA) is 66.9 Å². The zero-order chi connectivity index (χ0) is 17.6. The van der Waals surface area contributed by atoms with Crippen LogP contribution in [0, 0.1) is 6.92 Å². The van der Waals surface area contributed by atoms with Crippen LogP contribution in [0.2, 0.25) is 5.02 Å². The van der Waals surface area contributed by atoms with Gasteiger partial charge in [-0.1, -0.05) is 35.9 Å². The van der Waals surface area contributed by atoms with Crippen molar-refractivity contribution in [3.63, 3.8) is 0 Å². The number of nitrogens with one attached hydrogen (secondary N) is 2. The van der Waals surface area contributed by atoms with E-state index >= 15 is 0 Å². The number of aromatic nitrogens is 2. The molecule has 0 saturated carbocycles. The molecule has 0 aliphatic carbocycles. The molecule has 0 aliphatic heterocycles. The molecular weight excluding hydrogens is 336 g/mol. The number of amides is 1. The number of rotatable bonds is 5. The Morgan fingerprint density at radius 3 is 2.52 bits per heavy atom. The first-order valence-corrected chi connectivity index (χ1v) is 8.18. The van der Waals surface area contributed by atoms with Gasteiger partial charge in [0.25, 0.3) is 5.91 Å². The minimum Gasteiger partial charge on any atom is -0.347 e. The van der Waals surface area contributed by atoms with Gasteiger partial charge in [-0.2, -0.15) is 0 Å². The van der Waals surface area contributed by atoms with E-state index in [0.717, 1.165) is 16.8 Å². The van der Waals surface area contributed by atoms with Crippen molar-refractivity contribution in [3.8, 4) is 0 Å². The average Bonchev–Trinajstić information content (AvgIpc) is 2.62. The van der Waals surface area contributed by atoms with Crippen LogP contribution >= 0.6 is 11.6 Å². The van der Waals surface area contributed by atoms with Gasteiger partial charge in [-0.25, -0.2) is 0 Å². The lowest BCUT2D eigenvalue weighted by atomic mass is 10.2. The molecule has 3 rings (SSSR count). The molecule has 0 saturated heterocycles. The minimum atomic E-state index is -0.274. The normalized spacial score (nSPS) is 10.3. The predicted molar refractivity (Wildman–Crippen MR) is 99.1 cm³/mol. The molecule has 1 aromatic heterocycles. The van der Waals surface area contributed by atoms with Crippen LogP contribution in [0.4, 0.5) is 11.5 Å². The Morgan fingerprint density at radius 1 is 1.04 bits per heavy atom. The lowest BCUT2D eigenvalue weighted by Crippen LogP contribution is -2.24. The molecule has 0 bridgehead atoms. The molecule has 5 nitrogen and oxygen atoms in total. The second-order valence-electron chi connectivity index (χ2n) is 5.61. The summed E-state index contributed by atoms with van der Waals surface area (Å²) >= 11 is 5.84. The number of anilines is 2. The molecule has 3 aromatic rings. The monoisotopic (exact) mass is 352 g/mol. The Bertz CT molecular complexity index is 863. The number of halogens is 1. The van der Waals surface area contributed by atoms with E-state index in [-0.39, 0.29) is 11.6 Å². The summed E-state index contributed by atoms with van der Waals surface area (Å²) in [5.41, 5.74) is 3.30. The third-order valence-electron chi connectivity index (χ3n) is 3.55. The molecular formula is C19H17ClN4O. The van der Waals surface area contributed by atoms with Crippen molar-refractivity contribution in [2.75, 3.05) is 5.32 Å². The molecule has 25 heavy (non-hydrogen) atoms. The van der Waals surface area contributed by atoms with E-state index < -0.39 is 0 Å². The Balaban J connectivity index is 1.59. The van der Waals surface area contributed by atoms with Gasteiger partial charge in [0.05, 0.1) is 0 Å². The van der Waals surface area contributed by atoms with Gasteiger partial charge in [0, 0.05) is 17.3 Å². The first-order valence-electron chi connectivity index (χ1n) is 7.80. The number of hydrogen-bond donors (Lipinski definition) is 2. The van der Waals surface area contributed by atoms with Gasteiger partial charge in [-0.3, -0.25) is 4.79 Å². The number of carbonyl (C=O) groups excluding carboxylic acids is 1. The van der Waals surface area contributed by atoms with Gasteiger partial charge < -0.3 is 10.6 Å². The van der Waals surface area contributed by atoms with Crippen LogP contribution in [0.3, 0.4) is 0 Å². The van der Waals surface area contributed by atoms with Gasteiger partial charge in [0.15, 0.2) is 11.5 Å². The van der Waals surface area contributed by atoms with Crippen LogP contribution in [0.1, 0.15) is 21.6 Å². The van der Waals surface area contributed by atoms with E-state index in [1.54, 1.807) is 24.3 Å². The second kappa shape index (κ2) is 7.77. The quantitative estimate of drug-likeness (QED) is 0.725. The van der Waals surface area contributed by atoms with E-state index in [9.17, 15) is 4.79 Å². The van der Waals surface area contributed by atoms with Crippen LogP contribution < -0.4 is 10.6 Å². The SMILES string of the molecule is Cc1cccc(Nc2ccc(C(=O)NCc3ccc(Cl)cc3)nn2)c1. The number of nitrogens with zero attached hydrogens (tertiary/aromatic N) is 2. The highest BCUT2D eigenvalue weighted by Gasteiger charge is 2.08. The molecule has 1 amide bonds. The van der Waals surface area contributed by atoms with Crippen molar-refractivity contribution in [1.29, 1.82) is 0 Å². The van der Waals surface area contributed by atoms with Gasteiger partial charge in [-0.15, -0.1) is 10.2 Å². The van der Waals surface area contributed by atoms with Crippen LogP contribution in [0.15, 0.2) is 60.7 Å². The summed E-state index contributed by atoms with van der Waals surface area (Å²) in [6.45, 7) is 2.42. The fourth-order valence-corrected chi connectivity index (χ4v) is 2.39. The number of hydrogen-bond acceptors (Lipinski definition) is 4. The molecule has 2 N–H and O–H groups in total. The van der Waals surface area contributed by atoms with Crippen molar-refractivity contribution in [3.05, 3.63) is 82.5 Å². The smallest absolute Gasteiger partial charge is 0.272 e. The first kappa shape index (κ1) is 16.9. The Morgan fingerprint density at radius 2 is 1.84 bits per heavy atom. The molecule has 0 fully saturated rings. The van der Waals surface area contributed by atoms with Crippen molar-refractivity contribution in [2.45, 2.75) is 13.5 Å². The van der Waals surface area contributed by atoms with Crippen molar-refractivity contribution >= 4 is 29.0 Å². The summed E-state index contributed by atoms with van der Waals surface area (Å²) in [6, 6.07) is 18.6. The highest BCUT2D eigenvalue weighted by atomic mass is 35.5. The zero-order valence-electron chi connectivity index (χ0n) is 13.7. The second-order valence-corrected chi connectivity index (χ2v) is 6.04. The van der Waals surface area contributed by atoms with Crippen LogP contribution in [-0.4, -0.2) is 16.1 Å². The van der Waals surface area contributed by atoms with E-state index in [0.29, 0.717) is 17.4 Å². The van der Waals surface area contributed by atoms with Gasteiger partial charge in [0.2, 0.25) is 0 Å². The van der Waals surface area contributed by atoms with E-state index in [4.69, 9.17) is 11.6 Å². The van der Waals surface area contributed by atoms with Gasteiger partial charge >= 0.3 is 0 Å². The molecule has 2 aromatic carbocycles. The Kier molecular flexibility index (Phi) is 5.26. The molecule has 0 unspecified atom stereocenters. The molecule has 0 atom stereocenters. The highest BCUT2D eigenvalue weighted by molar-refractivity contribution is 6.30. The molecule has 0 radical (unpaired) electrons. The zero-order valence-corrected chi connectivity index (χ0v) is 14.4. The fourth-order valence-electron chi connectivity index (χ4n) is 2.27. The number of carbonyl (C=O) groups is 1. The molecule has 0 aliphatic rings. The average molecular weight is 353 g/mol. The van der Waals surface area contributed by atoms with Crippen molar-refractivity contribution < 1.29 is 4.79 Å². The maximum atomic E-state index is 12.1. The Hall–Kier alpha value is -2.92. The van der Waals surface area contributed by atoms with Gasteiger partial charge in [-0.05, 0) is 54.4 Å². The van der Waals surface area contributed by atoms with Crippen molar-refractivity contribution in [1.82, 2.24) is 15.5 Å². The minimum absolute atomic E-state index is 0.267. The first-order chi connectivity index (χ1) is 12.1. The lowest BCUT2D eigenvalue weighted by Gasteiger charge is -2.07. The van der Waals surface area contributed by atoms with E-state index in [1.165, 1.54) is 0 Å². The fraction of sp³-hybridized carbons (Fsp3) is 0.105. The highest BCUT2D eigenvalue weighted by Crippen LogP contribution is 2.15. The molecule has 6 heteroatoms. The van der Waals surface area contributed by atoms with E-state index in [2.05, 4.69) is 20.8 Å². The van der Waals surface area contributed by atoms with E-state index in [1.807, 2.05) is 43.3 Å². The third kappa shape index (κ3) is 4.78.